The first kappa shape index (κ1) is 16.3. The minimum absolute atomic E-state index is 0.446. The molecule has 0 amide bonds. The van der Waals surface area contributed by atoms with E-state index in [0.29, 0.717) is 13.1 Å². The molecule has 2 aromatic rings. The molecule has 0 atom stereocenters. The second-order valence-electron chi connectivity index (χ2n) is 3.63. The van der Waals surface area contributed by atoms with E-state index in [1.165, 1.54) is 27.7 Å². The Bertz CT molecular complexity index is 420. The quantitative estimate of drug-likeness (QED) is 0.474. The zero-order valence-electron chi connectivity index (χ0n) is 10.9. The van der Waals surface area contributed by atoms with Crippen LogP contribution in [0.4, 0.5) is 0 Å². The Morgan fingerprint density at radius 1 is 1.17 bits per heavy atom. The van der Waals surface area contributed by atoms with Gasteiger partial charge in [-0.1, -0.05) is 20.8 Å². The van der Waals surface area contributed by atoms with Crippen molar-refractivity contribution in [1.82, 2.24) is 4.98 Å². The molecule has 0 aliphatic carbocycles. The molecule has 0 aliphatic rings. The fraction of sp³-hybridized carbons (Fsp3) is 0.462. The summed E-state index contributed by atoms with van der Waals surface area (Å²) in [6.07, 6.45) is 4.26. The van der Waals surface area contributed by atoms with E-state index in [4.69, 9.17) is 4.42 Å². The van der Waals surface area contributed by atoms with Crippen LogP contribution in [0.5, 0.6) is 0 Å². The fourth-order valence-corrected chi connectivity index (χ4v) is 3.70. The molecule has 0 N–H and O–H groups in total. The van der Waals surface area contributed by atoms with Gasteiger partial charge in [-0.05, 0) is 18.5 Å². The summed E-state index contributed by atoms with van der Waals surface area (Å²) in [6.45, 7) is 6.87. The van der Waals surface area contributed by atoms with E-state index in [1.807, 2.05) is 24.3 Å². The van der Waals surface area contributed by atoms with Gasteiger partial charge in [-0.2, -0.15) is 0 Å². The van der Waals surface area contributed by atoms with Crippen LogP contribution in [-0.2, 0) is 19.7 Å². The number of rotatable bonds is 4. The van der Waals surface area contributed by atoms with Crippen LogP contribution in [0, 0.1) is 0 Å². The third-order valence-corrected chi connectivity index (χ3v) is 6.77. The van der Waals surface area contributed by atoms with Crippen LogP contribution in [-0.4, -0.2) is 23.5 Å². The molecule has 2 rings (SSSR count). The summed E-state index contributed by atoms with van der Waals surface area (Å²) in [6, 6.07) is 7.74. The molecule has 0 bridgehead atoms. The Morgan fingerprint density at radius 3 is 2.22 bits per heavy atom. The van der Waals surface area contributed by atoms with Gasteiger partial charge in [0.05, 0.1) is 0 Å². The molecule has 0 saturated carbocycles. The first-order chi connectivity index (χ1) is 8.74. The molecule has 0 radical (unpaired) electrons. The van der Waals surface area contributed by atoms with Crippen molar-refractivity contribution < 1.29 is 24.2 Å². The summed E-state index contributed by atoms with van der Waals surface area (Å²) < 4.78 is 5.36. The summed E-state index contributed by atoms with van der Waals surface area (Å²) in [5.41, 5.74) is 1.77. The Morgan fingerprint density at radius 2 is 1.78 bits per heavy atom. The van der Waals surface area contributed by atoms with Crippen LogP contribution in [0.15, 0.2) is 33.9 Å². The van der Waals surface area contributed by atoms with Crippen molar-refractivity contribution in [3.05, 3.63) is 24.3 Å². The number of oxazole rings is 1. The third kappa shape index (κ3) is 5.07. The van der Waals surface area contributed by atoms with Gasteiger partial charge in [0.25, 0.3) is 0 Å². The van der Waals surface area contributed by atoms with Crippen molar-refractivity contribution in [2.75, 3.05) is 18.5 Å². The van der Waals surface area contributed by atoms with E-state index < -0.39 is 0 Å². The molecule has 1 heterocycles. The molecule has 2 nitrogen and oxygen atoms in total. The summed E-state index contributed by atoms with van der Waals surface area (Å²) >= 11 is 2.32. The van der Waals surface area contributed by atoms with Gasteiger partial charge in [-0.25, -0.2) is 0 Å². The summed E-state index contributed by atoms with van der Waals surface area (Å²) in [5.74, 6) is 0. The van der Waals surface area contributed by atoms with Crippen LogP contribution in [0.25, 0.3) is 11.1 Å². The molecule has 0 saturated heterocycles. The second-order valence-corrected chi connectivity index (χ2v) is 8.67. The molecule has 0 spiro atoms. The van der Waals surface area contributed by atoms with Crippen LogP contribution < -0.4 is 0 Å². The molecule has 0 unspecified atom stereocenters. The van der Waals surface area contributed by atoms with Crippen LogP contribution in [0.3, 0.4) is 0 Å². The van der Waals surface area contributed by atoms with Crippen LogP contribution in [0.2, 0.25) is 0 Å². The van der Waals surface area contributed by atoms with Gasteiger partial charge in [-0.15, -0.1) is 7.92 Å². The number of hydrogen-bond acceptors (Lipinski definition) is 3. The van der Waals surface area contributed by atoms with Crippen molar-refractivity contribution in [3.8, 4) is 0 Å². The summed E-state index contributed by atoms with van der Waals surface area (Å²) in [5, 5.41) is 0.703. The monoisotopic (exact) mass is 465 g/mol. The van der Waals surface area contributed by atoms with Crippen molar-refractivity contribution in [2.45, 2.75) is 26.0 Å². The SMILES string of the molecule is CCP(CC)CC.[Au][S]c1nc2ccccc2o1. The minimum atomic E-state index is 0.446. The predicted molar refractivity (Wildman–Crippen MR) is 78.4 cm³/mol. The number of benzene rings is 1. The first-order valence-corrected chi connectivity index (χ1v) is 11.3. The number of hydrogen-bond donors (Lipinski definition) is 0. The number of aromatic nitrogens is 1. The topological polar surface area (TPSA) is 26.0 Å². The molecule has 1 aromatic heterocycles. The third-order valence-electron chi connectivity index (χ3n) is 2.67. The zero-order valence-corrected chi connectivity index (χ0v) is 14.8. The van der Waals surface area contributed by atoms with E-state index >= 15 is 0 Å². The molecule has 0 aliphatic heterocycles. The molecule has 5 heteroatoms. The zero-order chi connectivity index (χ0) is 13.4. The molecule has 0 fully saturated rings. The van der Waals surface area contributed by atoms with Crippen LogP contribution >= 0.6 is 17.1 Å². The average Bonchev–Trinajstić information content (AvgIpc) is 2.84. The summed E-state index contributed by atoms with van der Waals surface area (Å²) in [4.78, 5) is 4.21. The Kier molecular flexibility index (Phi) is 8.28. The molecule has 1 aromatic carbocycles. The Balaban J connectivity index is 0.000000203. The fourth-order valence-electron chi connectivity index (χ4n) is 1.55. The van der Waals surface area contributed by atoms with E-state index in [0.717, 1.165) is 11.1 Å². The molecular weight excluding hydrogens is 446 g/mol. The standard InChI is InChI=1S/C7H5NOS.C6H15P.Au/c10-7-8-5-3-1-2-4-6(5)9-7;1-4-7(5-2)6-3;/h1-4H,(H,8,10);4-6H2,1-3H3;/q;;+1/p-1. The second kappa shape index (κ2) is 9.17. The molecule has 104 valence electrons. The first-order valence-electron chi connectivity index (χ1n) is 6.08. The molecular formula is C13H19AuNOPS. The van der Waals surface area contributed by atoms with E-state index in [2.05, 4.69) is 45.5 Å². The van der Waals surface area contributed by atoms with Gasteiger partial charge >= 0.3 is 79.0 Å². The van der Waals surface area contributed by atoms with Crippen LogP contribution in [0.1, 0.15) is 20.8 Å². The van der Waals surface area contributed by atoms with Gasteiger partial charge in [0.1, 0.15) is 0 Å². The predicted octanol–water partition coefficient (Wildman–Crippen LogP) is 4.91. The Labute approximate surface area is 126 Å². The maximum absolute atomic E-state index is 5.36. The van der Waals surface area contributed by atoms with E-state index in [1.54, 1.807) is 0 Å². The number of nitrogens with zero attached hydrogens (tertiary/aromatic N) is 1. The van der Waals surface area contributed by atoms with E-state index in [-0.39, 0.29) is 0 Å². The Hall–Kier alpha value is 0.210. The number of fused-ring (bicyclic) bond motifs is 1. The normalized spacial score (nSPS) is 10.6. The van der Waals surface area contributed by atoms with Gasteiger partial charge in [0.15, 0.2) is 0 Å². The van der Waals surface area contributed by atoms with Crippen molar-refractivity contribution in [3.63, 3.8) is 0 Å². The van der Waals surface area contributed by atoms with Crippen molar-refractivity contribution in [2.24, 2.45) is 0 Å². The summed E-state index contributed by atoms with van der Waals surface area (Å²) in [7, 11) is 1.91. The van der Waals surface area contributed by atoms with Crippen molar-refractivity contribution in [1.29, 1.82) is 0 Å². The van der Waals surface area contributed by atoms with Crippen molar-refractivity contribution >= 4 is 28.2 Å². The van der Waals surface area contributed by atoms with Gasteiger partial charge < -0.3 is 0 Å². The average molecular weight is 465 g/mol. The van der Waals surface area contributed by atoms with Gasteiger partial charge in [0.2, 0.25) is 0 Å². The van der Waals surface area contributed by atoms with E-state index in [9.17, 15) is 0 Å². The maximum atomic E-state index is 5.36. The van der Waals surface area contributed by atoms with Gasteiger partial charge in [0, 0.05) is 0 Å². The number of para-hydroxylation sites is 2. The molecule has 18 heavy (non-hydrogen) atoms. The van der Waals surface area contributed by atoms with Gasteiger partial charge in [-0.3, -0.25) is 0 Å².